The third-order valence-electron chi connectivity index (χ3n) is 5.04. The summed E-state index contributed by atoms with van der Waals surface area (Å²) >= 11 is 7.60. The van der Waals surface area contributed by atoms with Gasteiger partial charge in [0.1, 0.15) is 11.0 Å². The van der Waals surface area contributed by atoms with Crippen LogP contribution in [0.5, 0.6) is 0 Å². The van der Waals surface area contributed by atoms with Crippen LogP contribution >= 0.6 is 23.4 Å². The molecule has 0 spiro atoms. The molecule has 34 heavy (non-hydrogen) atoms. The Balaban J connectivity index is 1.58. The summed E-state index contributed by atoms with van der Waals surface area (Å²) in [7, 11) is 0. The van der Waals surface area contributed by atoms with E-state index in [4.69, 9.17) is 11.6 Å². The minimum atomic E-state index is -4.42. The molecule has 3 aromatic rings. The number of nitrogens with one attached hydrogen (secondary N) is 1. The number of carbonyl (C=O) groups excluding carboxylic acids is 1. The molecule has 0 atom stereocenters. The van der Waals surface area contributed by atoms with Gasteiger partial charge in [-0.25, -0.2) is 9.97 Å². The molecule has 10 heteroatoms. The Morgan fingerprint density at radius 1 is 1.03 bits per heavy atom. The molecule has 180 valence electrons. The number of carbonyl (C=O) groups is 1. The highest BCUT2D eigenvalue weighted by molar-refractivity contribution is 7.98. The molecular weight excluding hydrogens is 485 g/mol. The van der Waals surface area contributed by atoms with Crippen LogP contribution in [0, 0.1) is 0 Å². The third-order valence-corrected chi connectivity index (χ3v) is 6.15. The van der Waals surface area contributed by atoms with Crippen LogP contribution in [0.1, 0.15) is 40.9 Å². The van der Waals surface area contributed by atoms with Crippen molar-refractivity contribution < 1.29 is 18.0 Å². The molecule has 0 saturated carbocycles. The highest BCUT2D eigenvalue weighted by Gasteiger charge is 2.30. The Labute approximate surface area is 205 Å². The predicted octanol–water partition coefficient (Wildman–Crippen LogP) is 6.22. The average molecular weight is 509 g/mol. The van der Waals surface area contributed by atoms with Gasteiger partial charge in [-0.05, 0) is 49.2 Å². The van der Waals surface area contributed by atoms with Gasteiger partial charge in [0, 0.05) is 37.0 Å². The van der Waals surface area contributed by atoms with Crippen molar-refractivity contribution in [1.29, 1.82) is 0 Å². The molecule has 0 unspecified atom stereocenters. The van der Waals surface area contributed by atoms with Gasteiger partial charge >= 0.3 is 6.18 Å². The molecule has 5 nitrogen and oxygen atoms in total. The lowest BCUT2D eigenvalue weighted by Crippen LogP contribution is -2.23. The van der Waals surface area contributed by atoms with Crippen molar-refractivity contribution >= 4 is 35.1 Å². The Morgan fingerprint density at radius 3 is 2.38 bits per heavy atom. The van der Waals surface area contributed by atoms with Crippen molar-refractivity contribution in [2.24, 2.45) is 0 Å². The zero-order valence-corrected chi connectivity index (χ0v) is 20.3. The monoisotopic (exact) mass is 508 g/mol. The van der Waals surface area contributed by atoms with Crippen LogP contribution in [0.15, 0.2) is 59.8 Å². The van der Waals surface area contributed by atoms with Gasteiger partial charge < -0.3 is 10.2 Å². The number of hydrogen-bond acceptors (Lipinski definition) is 5. The van der Waals surface area contributed by atoms with Gasteiger partial charge in [0.25, 0.3) is 5.91 Å². The van der Waals surface area contributed by atoms with E-state index in [1.54, 1.807) is 24.3 Å². The lowest BCUT2D eigenvalue weighted by molar-refractivity contribution is -0.137. The molecule has 0 aliphatic rings. The highest BCUT2D eigenvalue weighted by Crippen LogP contribution is 2.29. The maximum atomic E-state index is 12.8. The maximum Gasteiger partial charge on any atom is 0.416 e. The average Bonchev–Trinajstić information content (AvgIpc) is 2.82. The number of nitrogens with zero attached hydrogens (tertiary/aromatic N) is 3. The summed E-state index contributed by atoms with van der Waals surface area (Å²) in [5.41, 5.74) is 1.02. The lowest BCUT2D eigenvalue weighted by atomic mass is 10.1. The molecule has 1 N–H and O–H groups in total. The molecule has 2 aromatic carbocycles. The predicted molar refractivity (Wildman–Crippen MR) is 129 cm³/mol. The SMILES string of the molecule is CCN(CC)c1cc(Cl)nc(SCc2ccc(C(=O)NCc3cccc(C(F)(F)F)c3)cc2)n1. The molecule has 0 saturated heterocycles. The summed E-state index contributed by atoms with van der Waals surface area (Å²) < 4.78 is 38.5. The summed E-state index contributed by atoms with van der Waals surface area (Å²) in [6.07, 6.45) is -4.42. The summed E-state index contributed by atoms with van der Waals surface area (Å²) in [6.45, 7) is 5.71. The molecule has 1 heterocycles. The number of halogens is 4. The maximum absolute atomic E-state index is 12.8. The topological polar surface area (TPSA) is 58.1 Å². The van der Waals surface area contributed by atoms with Gasteiger partial charge in [0.2, 0.25) is 0 Å². The summed E-state index contributed by atoms with van der Waals surface area (Å²) in [6, 6.07) is 13.6. The fourth-order valence-electron chi connectivity index (χ4n) is 3.20. The third kappa shape index (κ3) is 7.11. The van der Waals surface area contributed by atoms with E-state index < -0.39 is 11.7 Å². The van der Waals surface area contributed by atoms with E-state index in [0.717, 1.165) is 36.6 Å². The van der Waals surface area contributed by atoms with E-state index in [9.17, 15) is 18.0 Å². The van der Waals surface area contributed by atoms with Crippen LogP contribution in [0.2, 0.25) is 5.15 Å². The van der Waals surface area contributed by atoms with Crippen molar-refractivity contribution in [3.63, 3.8) is 0 Å². The van der Waals surface area contributed by atoms with Crippen molar-refractivity contribution in [3.8, 4) is 0 Å². The van der Waals surface area contributed by atoms with Gasteiger partial charge in [0.05, 0.1) is 5.56 Å². The molecule has 0 radical (unpaired) electrons. The van der Waals surface area contributed by atoms with Crippen molar-refractivity contribution in [1.82, 2.24) is 15.3 Å². The lowest BCUT2D eigenvalue weighted by Gasteiger charge is -2.20. The molecule has 0 bridgehead atoms. The second kappa shape index (κ2) is 11.6. The van der Waals surface area contributed by atoms with Crippen LogP contribution in [0.4, 0.5) is 19.0 Å². The van der Waals surface area contributed by atoms with Crippen LogP contribution in [0.3, 0.4) is 0 Å². The first-order valence-electron chi connectivity index (χ1n) is 10.6. The first-order chi connectivity index (χ1) is 16.2. The molecule has 3 rings (SSSR count). The molecule has 1 aromatic heterocycles. The number of thioether (sulfide) groups is 1. The number of rotatable bonds is 9. The zero-order valence-electron chi connectivity index (χ0n) is 18.7. The van der Waals surface area contributed by atoms with Crippen LogP contribution in [0.25, 0.3) is 0 Å². The van der Waals surface area contributed by atoms with E-state index in [0.29, 0.717) is 27.2 Å². The first-order valence-corrected chi connectivity index (χ1v) is 12.0. The standard InChI is InChI=1S/C24H24ClF3N4OS/c1-3-32(4-2)21-13-20(25)30-23(31-21)34-15-16-8-10-18(11-9-16)22(33)29-14-17-6-5-7-19(12-17)24(26,27)28/h5-13H,3-4,14-15H2,1-2H3,(H,29,33). The van der Waals surface area contributed by atoms with Crippen LogP contribution in [-0.4, -0.2) is 29.0 Å². The van der Waals surface area contributed by atoms with E-state index in [1.807, 2.05) is 26.0 Å². The highest BCUT2D eigenvalue weighted by atomic mass is 35.5. The second-order valence-corrected chi connectivity index (χ2v) is 8.70. The van der Waals surface area contributed by atoms with Gasteiger partial charge in [0.15, 0.2) is 5.16 Å². The zero-order chi connectivity index (χ0) is 24.7. The minimum absolute atomic E-state index is 0.00132. The summed E-state index contributed by atoms with van der Waals surface area (Å²) in [5.74, 6) is 1.00. The molecule has 0 aliphatic heterocycles. The fraction of sp³-hybridized carbons (Fsp3) is 0.292. The summed E-state index contributed by atoms with van der Waals surface area (Å²) in [4.78, 5) is 23.3. The number of alkyl halides is 3. The number of anilines is 1. The quantitative estimate of drug-likeness (QED) is 0.211. The number of aromatic nitrogens is 2. The van der Waals surface area contributed by atoms with Crippen molar-refractivity contribution in [2.45, 2.75) is 37.5 Å². The van der Waals surface area contributed by atoms with Crippen LogP contribution < -0.4 is 10.2 Å². The Hall–Kier alpha value is -2.78. The normalized spacial score (nSPS) is 11.4. The molecule has 1 amide bonds. The largest absolute Gasteiger partial charge is 0.416 e. The second-order valence-electron chi connectivity index (χ2n) is 7.37. The number of hydrogen-bond donors (Lipinski definition) is 1. The Kier molecular flexibility index (Phi) is 8.79. The van der Waals surface area contributed by atoms with Crippen LogP contribution in [-0.2, 0) is 18.5 Å². The first kappa shape index (κ1) is 25.8. The number of benzene rings is 2. The van der Waals surface area contributed by atoms with Gasteiger partial charge in [-0.2, -0.15) is 13.2 Å². The molecule has 0 fully saturated rings. The van der Waals surface area contributed by atoms with E-state index in [1.165, 1.54) is 17.8 Å². The Bertz CT molecular complexity index is 1120. The molecule has 0 aliphatic carbocycles. The van der Waals surface area contributed by atoms with Gasteiger partial charge in [-0.15, -0.1) is 0 Å². The molecular formula is C24H24ClF3N4OS. The van der Waals surface area contributed by atoms with Crippen molar-refractivity contribution in [3.05, 3.63) is 82.0 Å². The van der Waals surface area contributed by atoms with Crippen molar-refractivity contribution in [2.75, 3.05) is 18.0 Å². The Morgan fingerprint density at radius 2 is 1.74 bits per heavy atom. The summed E-state index contributed by atoms with van der Waals surface area (Å²) in [5, 5.41) is 3.60. The number of amides is 1. The minimum Gasteiger partial charge on any atom is -0.357 e. The van der Waals surface area contributed by atoms with E-state index in [2.05, 4.69) is 20.2 Å². The fourth-order valence-corrected chi connectivity index (χ4v) is 4.24. The van der Waals surface area contributed by atoms with Gasteiger partial charge in [-0.1, -0.05) is 47.6 Å². The smallest absolute Gasteiger partial charge is 0.357 e. The van der Waals surface area contributed by atoms with E-state index >= 15 is 0 Å². The van der Waals surface area contributed by atoms with E-state index in [-0.39, 0.29) is 12.5 Å². The van der Waals surface area contributed by atoms with Gasteiger partial charge in [-0.3, -0.25) is 4.79 Å².